The van der Waals surface area contributed by atoms with Crippen LogP contribution in [-0.2, 0) is 14.3 Å². The molecule has 1 saturated heterocycles. The molecule has 19 heavy (non-hydrogen) atoms. The fourth-order valence-electron chi connectivity index (χ4n) is 2.43. The number of ketones is 1. The molecule has 1 aliphatic rings. The first kappa shape index (κ1) is 16.1. The largest absolute Gasteiger partial charge is 0.466 e. The number of rotatable bonds is 7. The zero-order chi connectivity index (χ0) is 14.1. The van der Waals surface area contributed by atoms with Crippen LogP contribution in [-0.4, -0.2) is 54.1 Å². The van der Waals surface area contributed by atoms with Crippen LogP contribution in [0.2, 0.25) is 0 Å². The highest BCUT2D eigenvalue weighted by molar-refractivity contribution is 5.84. The van der Waals surface area contributed by atoms with Crippen molar-refractivity contribution in [2.24, 2.45) is 0 Å². The van der Waals surface area contributed by atoms with Gasteiger partial charge in [-0.25, -0.2) is 0 Å². The molecule has 5 heteroatoms. The molecule has 5 nitrogen and oxygen atoms in total. The maximum atomic E-state index is 11.9. The molecular formula is C14H25NO4. The predicted octanol–water partition coefficient (Wildman–Crippen LogP) is 1.14. The molecule has 1 rings (SSSR count). The topological polar surface area (TPSA) is 66.8 Å². The Kier molecular flexibility index (Phi) is 7.67. The SMILES string of the molecule is CCOC(=O)CCC(=O)CN1CCCCCC1CO. The van der Waals surface area contributed by atoms with E-state index in [0.717, 1.165) is 32.2 Å². The van der Waals surface area contributed by atoms with Gasteiger partial charge in [0, 0.05) is 12.5 Å². The summed E-state index contributed by atoms with van der Waals surface area (Å²) in [6.07, 6.45) is 4.67. The molecule has 0 aliphatic carbocycles. The van der Waals surface area contributed by atoms with Crippen molar-refractivity contribution in [2.75, 3.05) is 26.3 Å². The smallest absolute Gasteiger partial charge is 0.306 e. The minimum absolute atomic E-state index is 0.0494. The normalized spacial score (nSPS) is 20.8. The summed E-state index contributed by atoms with van der Waals surface area (Å²) in [5, 5.41) is 9.36. The monoisotopic (exact) mass is 271 g/mol. The molecule has 0 aromatic heterocycles. The lowest BCUT2D eigenvalue weighted by Gasteiger charge is -2.27. The van der Waals surface area contributed by atoms with Crippen molar-refractivity contribution in [3.63, 3.8) is 0 Å². The summed E-state index contributed by atoms with van der Waals surface area (Å²) in [6, 6.07) is 0.0917. The maximum Gasteiger partial charge on any atom is 0.306 e. The molecule has 0 saturated carbocycles. The fourth-order valence-corrected chi connectivity index (χ4v) is 2.43. The summed E-state index contributed by atoms with van der Waals surface area (Å²) in [6.45, 7) is 3.40. The number of carbonyl (C=O) groups excluding carboxylic acids is 2. The number of likely N-dealkylation sites (tertiary alicyclic amines) is 1. The number of nitrogens with zero attached hydrogens (tertiary/aromatic N) is 1. The molecule has 0 radical (unpaired) electrons. The summed E-state index contributed by atoms with van der Waals surface area (Å²) in [7, 11) is 0. The van der Waals surface area contributed by atoms with Crippen LogP contribution in [0, 0.1) is 0 Å². The third kappa shape index (κ3) is 6.16. The molecule has 0 aromatic rings. The van der Waals surface area contributed by atoms with E-state index in [-0.39, 0.29) is 37.2 Å². The molecule has 0 spiro atoms. The second kappa shape index (κ2) is 9.04. The number of aliphatic hydroxyl groups excluding tert-OH is 1. The second-order valence-corrected chi connectivity index (χ2v) is 5.00. The summed E-state index contributed by atoms with van der Waals surface area (Å²) in [5.41, 5.74) is 0. The Bertz CT molecular complexity index is 293. The van der Waals surface area contributed by atoms with Crippen LogP contribution in [0.5, 0.6) is 0 Å². The van der Waals surface area contributed by atoms with E-state index in [0.29, 0.717) is 13.2 Å². The van der Waals surface area contributed by atoms with Gasteiger partial charge in [-0.1, -0.05) is 12.8 Å². The number of esters is 1. The van der Waals surface area contributed by atoms with Crippen molar-refractivity contribution in [3.8, 4) is 0 Å². The lowest BCUT2D eigenvalue weighted by Crippen LogP contribution is -2.40. The van der Waals surface area contributed by atoms with Gasteiger partial charge in [-0.05, 0) is 26.3 Å². The summed E-state index contributed by atoms with van der Waals surface area (Å²) in [4.78, 5) is 25.1. The summed E-state index contributed by atoms with van der Waals surface area (Å²) >= 11 is 0. The van der Waals surface area contributed by atoms with Gasteiger partial charge in [0.05, 0.1) is 26.2 Å². The van der Waals surface area contributed by atoms with Crippen molar-refractivity contribution < 1.29 is 19.4 Å². The van der Waals surface area contributed by atoms with Gasteiger partial charge in [0.1, 0.15) is 5.78 Å². The highest BCUT2D eigenvalue weighted by Crippen LogP contribution is 2.16. The molecule has 0 amide bonds. The van der Waals surface area contributed by atoms with E-state index in [2.05, 4.69) is 4.90 Å². The van der Waals surface area contributed by atoms with Crippen molar-refractivity contribution >= 4 is 11.8 Å². The van der Waals surface area contributed by atoms with E-state index in [1.54, 1.807) is 6.92 Å². The molecule has 1 atom stereocenters. The number of hydrogen-bond donors (Lipinski definition) is 1. The van der Waals surface area contributed by atoms with Gasteiger partial charge in [-0.2, -0.15) is 0 Å². The standard InChI is InChI=1S/C14H25NO4/c1-2-19-14(18)8-7-13(17)10-15-9-5-3-4-6-12(15)11-16/h12,16H,2-11H2,1H3. The minimum Gasteiger partial charge on any atom is -0.466 e. The average molecular weight is 271 g/mol. The lowest BCUT2D eigenvalue weighted by atomic mass is 10.1. The van der Waals surface area contributed by atoms with Gasteiger partial charge >= 0.3 is 5.97 Å². The van der Waals surface area contributed by atoms with Gasteiger partial charge in [0.25, 0.3) is 0 Å². The third-order valence-electron chi connectivity index (χ3n) is 3.50. The van der Waals surface area contributed by atoms with Gasteiger partial charge < -0.3 is 9.84 Å². The van der Waals surface area contributed by atoms with E-state index in [4.69, 9.17) is 4.74 Å². The molecule has 1 fully saturated rings. The highest BCUT2D eigenvalue weighted by Gasteiger charge is 2.22. The molecule has 1 heterocycles. The first-order valence-electron chi connectivity index (χ1n) is 7.19. The van der Waals surface area contributed by atoms with Crippen LogP contribution in [0.15, 0.2) is 0 Å². The number of hydrogen-bond acceptors (Lipinski definition) is 5. The van der Waals surface area contributed by atoms with Gasteiger partial charge in [-0.3, -0.25) is 14.5 Å². The zero-order valence-corrected chi connectivity index (χ0v) is 11.8. The van der Waals surface area contributed by atoms with Crippen molar-refractivity contribution in [3.05, 3.63) is 0 Å². The highest BCUT2D eigenvalue weighted by atomic mass is 16.5. The molecule has 1 aliphatic heterocycles. The Morgan fingerprint density at radius 1 is 1.26 bits per heavy atom. The number of Topliss-reactive ketones (excluding diaryl/α,β-unsaturated/α-hetero) is 1. The van der Waals surface area contributed by atoms with E-state index < -0.39 is 0 Å². The first-order chi connectivity index (χ1) is 9.17. The van der Waals surface area contributed by atoms with Gasteiger partial charge in [0.15, 0.2) is 0 Å². The lowest BCUT2D eigenvalue weighted by molar-refractivity contribution is -0.144. The number of carbonyl (C=O) groups is 2. The Hall–Kier alpha value is -0.940. The first-order valence-corrected chi connectivity index (χ1v) is 7.19. The quantitative estimate of drug-likeness (QED) is 0.703. The average Bonchev–Trinajstić information content (AvgIpc) is 2.62. The Morgan fingerprint density at radius 2 is 2.05 bits per heavy atom. The molecule has 0 bridgehead atoms. The summed E-state index contributed by atoms with van der Waals surface area (Å²) < 4.78 is 4.80. The van der Waals surface area contributed by atoms with Crippen LogP contribution < -0.4 is 0 Å². The van der Waals surface area contributed by atoms with Crippen LogP contribution in [0.4, 0.5) is 0 Å². The predicted molar refractivity (Wildman–Crippen MR) is 71.8 cm³/mol. The van der Waals surface area contributed by atoms with E-state index in [9.17, 15) is 14.7 Å². The molecule has 110 valence electrons. The van der Waals surface area contributed by atoms with Crippen LogP contribution in [0.1, 0.15) is 45.4 Å². The molecule has 1 N–H and O–H groups in total. The third-order valence-corrected chi connectivity index (χ3v) is 3.50. The summed E-state index contributed by atoms with van der Waals surface area (Å²) in [5.74, 6) is -0.265. The Morgan fingerprint density at radius 3 is 2.74 bits per heavy atom. The van der Waals surface area contributed by atoms with Crippen LogP contribution in [0.25, 0.3) is 0 Å². The Labute approximate surface area is 114 Å². The molecular weight excluding hydrogens is 246 g/mol. The van der Waals surface area contributed by atoms with Crippen molar-refractivity contribution in [1.82, 2.24) is 4.90 Å². The van der Waals surface area contributed by atoms with Gasteiger partial charge in [0.2, 0.25) is 0 Å². The fraction of sp³-hybridized carbons (Fsp3) is 0.857. The van der Waals surface area contributed by atoms with Crippen LogP contribution in [0.3, 0.4) is 0 Å². The molecule has 1 unspecified atom stereocenters. The second-order valence-electron chi connectivity index (χ2n) is 5.00. The van der Waals surface area contributed by atoms with Crippen molar-refractivity contribution in [2.45, 2.75) is 51.5 Å². The van der Waals surface area contributed by atoms with E-state index >= 15 is 0 Å². The van der Waals surface area contributed by atoms with E-state index in [1.165, 1.54) is 0 Å². The number of ether oxygens (including phenoxy) is 1. The van der Waals surface area contributed by atoms with Gasteiger partial charge in [-0.15, -0.1) is 0 Å². The van der Waals surface area contributed by atoms with Crippen LogP contribution >= 0.6 is 0 Å². The van der Waals surface area contributed by atoms with Crippen molar-refractivity contribution in [1.29, 1.82) is 0 Å². The van der Waals surface area contributed by atoms with E-state index in [1.807, 2.05) is 0 Å². The number of aliphatic hydroxyl groups is 1. The molecule has 0 aromatic carbocycles. The minimum atomic E-state index is -0.314. The zero-order valence-electron chi connectivity index (χ0n) is 11.8. The Balaban J connectivity index is 2.34. The maximum absolute atomic E-state index is 11.9.